The minimum Gasteiger partial charge on any atom is -0.457 e. The lowest BCUT2D eigenvalue weighted by molar-refractivity contribution is 0.0472. The number of esters is 1. The average molecular weight is 306 g/mol. The third-order valence-electron chi connectivity index (χ3n) is 2.61. The lowest BCUT2D eigenvalue weighted by Crippen LogP contribution is -2.05. The molecule has 2 aromatic rings. The first-order valence-electron chi connectivity index (χ1n) is 5.71. The molecule has 3 nitrogen and oxygen atoms in total. The van der Waals surface area contributed by atoms with Gasteiger partial charge in [0.05, 0.1) is 27.2 Å². The Morgan fingerprint density at radius 1 is 1.10 bits per heavy atom. The second-order valence-electron chi connectivity index (χ2n) is 4.01. The summed E-state index contributed by atoms with van der Waals surface area (Å²) in [7, 11) is 0. The summed E-state index contributed by atoms with van der Waals surface area (Å²) >= 11 is 11.6. The minimum absolute atomic E-state index is 0.130. The van der Waals surface area contributed by atoms with Crippen molar-refractivity contribution in [2.45, 2.75) is 6.61 Å². The average Bonchev–Trinajstić information content (AvgIpc) is 2.48. The summed E-state index contributed by atoms with van der Waals surface area (Å²) in [6.45, 7) is 0.130. The van der Waals surface area contributed by atoms with Crippen molar-refractivity contribution >= 4 is 29.2 Å². The molecule has 2 rings (SSSR count). The zero-order chi connectivity index (χ0) is 14.5. The van der Waals surface area contributed by atoms with Gasteiger partial charge in [0.15, 0.2) is 0 Å². The Labute approximate surface area is 126 Å². The quantitative estimate of drug-likeness (QED) is 0.798. The normalized spacial score (nSPS) is 9.85. The van der Waals surface area contributed by atoms with Crippen molar-refractivity contribution in [3.05, 3.63) is 69.2 Å². The van der Waals surface area contributed by atoms with Gasteiger partial charge in [-0.1, -0.05) is 35.3 Å². The van der Waals surface area contributed by atoms with Gasteiger partial charge in [0.2, 0.25) is 0 Å². The molecule has 0 atom stereocenters. The molecule has 0 saturated carbocycles. The summed E-state index contributed by atoms with van der Waals surface area (Å²) < 4.78 is 5.16. The lowest BCUT2D eigenvalue weighted by Gasteiger charge is -2.06. The van der Waals surface area contributed by atoms with E-state index in [1.165, 1.54) is 6.07 Å². The van der Waals surface area contributed by atoms with Gasteiger partial charge in [-0.3, -0.25) is 0 Å². The summed E-state index contributed by atoms with van der Waals surface area (Å²) in [5.74, 6) is -0.479. The Morgan fingerprint density at radius 2 is 1.80 bits per heavy atom. The number of nitriles is 1. The third kappa shape index (κ3) is 3.51. The largest absolute Gasteiger partial charge is 0.457 e. The molecule has 20 heavy (non-hydrogen) atoms. The van der Waals surface area contributed by atoms with Gasteiger partial charge in [-0.05, 0) is 35.9 Å². The van der Waals surface area contributed by atoms with Gasteiger partial charge in [0.25, 0.3) is 0 Å². The number of hydrogen-bond acceptors (Lipinski definition) is 3. The van der Waals surface area contributed by atoms with E-state index in [0.29, 0.717) is 21.2 Å². The highest BCUT2D eigenvalue weighted by Crippen LogP contribution is 2.23. The second-order valence-corrected chi connectivity index (χ2v) is 4.83. The Balaban J connectivity index is 2.01. The SMILES string of the molecule is N#Cc1ccc(COC(=O)c2ccc(Cl)c(Cl)c2)cc1. The molecule has 5 heteroatoms. The minimum atomic E-state index is -0.479. The van der Waals surface area contributed by atoms with Gasteiger partial charge in [0, 0.05) is 0 Å². The van der Waals surface area contributed by atoms with Crippen LogP contribution in [0.2, 0.25) is 10.0 Å². The topological polar surface area (TPSA) is 50.1 Å². The fourth-order valence-electron chi connectivity index (χ4n) is 1.53. The molecule has 0 bridgehead atoms. The van der Waals surface area contributed by atoms with Crippen LogP contribution in [0.25, 0.3) is 0 Å². The van der Waals surface area contributed by atoms with E-state index in [4.69, 9.17) is 33.2 Å². The van der Waals surface area contributed by atoms with Crippen molar-refractivity contribution in [3.8, 4) is 6.07 Å². The number of carbonyl (C=O) groups is 1. The van der Waals surface area contributed by atoms with Crippen molar-refractivity contribution < 1.29 is 9.53 Å². The summed E-state index contributed by atoms with van der Waals surface area (Å²) in [4.78, 5) is 11.8. The molecule has 0 heterocycles. The van der Waals surface area contributed by atoms with Crippen LogP contribution >= 0.6 is 23.2 Å². The Morgan fingerprint density at radius 3 is 2.40 bits per heavy atom. The first kappa shape index (κ1) is 14.4. The van der Waals surface area contributed by atoms with Crippen LogP contribution in [0, 0.1) is 11.3 Å². The zero-order valence-corrected chi connectivity index (χ0v) is 11.8. The zero-order valence-electron chi connectivity index (χ0n) is 10.3. The molecule has 0 spiro atoms. The van der Waals surface area contributed by atoms with Gasteiger partial charge in [-0.2, -0.15) is 5.26 Å². The van der Waals surface area contributed by atoms with E-state index in [9.17, 15) is 4.79 Å². The molecule has 0 radical (unpaired) electrons. The van der Waals surface area contributed by atoms with Gasteiger partial charge < -0.3 is 4.74 Å². The van der Waals surface area contributed by atoms with Crippen LogP contribution in [0.5, 0.6) is 0 Å². The lowest BCUT2D eigenvalue weighted by atomic mass is 10.1. The van der Waals surface area contributed by atoms with Gasteiger partial charge in [0.1, 0.15) is 6.61 Å². The van der Waals surface area contributed by atoms with Crippen LogP contribution in [0.3, 0.4) is 0 Å². The molecule has 0 aliphatic heterocycles. The Bertz CT molecular complexity index is 675. The summed E-state index contributed by atoms with van der Waals surface area (Å²) in [6, 6.07) is 13.4. The first-order chi connectivity index (χ1) is 9.60. The fourth-order valence-corrected chi connectivity index (χ4v) is 1.83. The van der Waals surface area contributed by atoms with Crippen LogP contribution in [0.1, 0.15) is 21.5 Å². The highest BCUT2D eigenvalue weighted by Gasteiger charge is 2.09. The molecular formula is C15H9Cl2NO2. The maximum absolute atomic E-state index is 11.8. The fraction of sp³-hybridized carbons (Fsp3) is 0.0667. The van der Waals surface area contributed by atoms with Crippen molar-refractivity contribution in [1.82, 2.24) is 0 Å². The Hall–Kier alpha value is -2.02. The van der Waals surface area contributed by atoms with Crippen molar-refractivity contribution in [2.75, 3.05) is 0 Å². The molecule has 0 unspecified atom stereocenters. The highest BCUT2D eigenvalue weighted by atomic mass is 35.5. The molecule has 0 saturated heterocycles. The monoisotopic (exact) mass is 305 g/mol. The van der Waals surface area contributed by atoms with Crippen LogP contribution in [0.4, 0.5) is 0 Å². The van der Waals surface area contributed by atoms with Crippen LogP contribution in [-0.4, -0.2) is 5.97 Å². The van der Waals surface area contributed by atoms with Crippen molar-refractivity contribution in [2.24, 2.45) is 0 Å². The second kappa shape index (κ2) is 6.42. The number of hydrogen-bond donors (Lipinski definition) is 0. The first-order valence-corrected chi connectivity index (χ1v) is 6.47. The van der Waals surface area contributed by atoms with E-state index < -0.39 is 5.97 Å². The summed E-state index contributed by atoms with van der Waals surface area (Å²) in [5.41, 5.74) is 1.70. The predicted octanol–water partition coefficient (Wildman–Crippen LogP) is 4.22. The number of ether oxygens (including phenoxy) is 1. The molecule has 0 aliphatic carbocycles. The number of halogens is 2. The van der Waals surface area contributed by atoms with Crippen molar-refractivity contribution in [1.29, 1.82) is 5.26 Å². The molecule has 0 aromatic heterocycles. The molecule has 2 aromatic carbocycles. The maximum Gasteiger partial charge on any atom is 0.338 e. The number of nitrogens with zero attached hydrogens (tertiary/aromatic N) is 1. The van der Waals surface area contributed by atoms with Crippen LogP contribution < -0.4 is 0 Å². The number of rotatable bonds is 3. The van der Waals surface area contributed by atoms with Crippen molar-refractivity contribution in [3.63, 3.8) is 0 Å². The van der Waals surface area contributed by atoms with Gasteiger partial charge in [-0.25, -0.2) is 4.79 Å². The van der Waals surface area contributed by atoms with E-state index in [0.717, 1.165) is 5.56 Å². The number of carbonyl (C=O) groups excluding carboxylic acids is 1. The summed E-state index contributed by atoms with van der Waals surface area (Å²) in [5, 5.41) is 9.37. The standard InChI is InChI=1S/C15H9Cl2NO2/c16-13-6-5-12(7-14(13)17)15(19)20-9-11-3-1-10(8-18)2-4-11/h1-7H,9H2. The highest BCUT2D eigenvalue weighted by molar-refractivity contribution is 6.42. The molecule has 0 amide bonds. The molecule has 0 fully saturated rings. The van der Waals surface area contributed by atoms with E-state index in [1.807, 2.05) is 6.07 Å². The number of benzene rings is 2. The van der Waals surface area contributed by atoms with Crippen LogP contribution in [-0.2, 0) is 11.3 Å². The molecule has 100 valence electrons. The smallest absolute Gasteiger partial charge is 0.338 e. The molecule has 0 aliphatic rings. The third-order valence-corrected chi connectivity index (χ3v) is 3.35. The molecule has 0 N–H and O–H groups in total. The maximum atomic E-state index is 11.8. The van der Waals surface area contributed by atoms with Crippen LogP contribution in [0.15, 0.2) is 42.5 Å². The predicted molar refractivity (Wildman–Crippen MR) is 76.7 cm³/mol. The van der Waals surface area contributed by atoms with E-state index in [-0.39, 0.29) is 6.61 Å². The Kier molecular flexibility index (Phi) is 4.62. The van der Waals surface area contributed by atoms with E-state index >= 15 is 0 Å². The van der Waals surface area contributed by atoms with E-state index in [1.54, 1.807) is 36.4 Å². The van der Waals surface area contributed by atoms with Gasteiger partial charge in [-0.15, -0.1) is 0 Å². The summed E-state index contributed by atoms with van der Waals surface area (Å²) in [6.07, 6.45) is 0. The van der Waals surface area contributed by atoms with E-state index in [2.05, 4.69) is 0 Å². The molecular weight excluding hydrogens is 297 g/mol. The van der Waals surface area contributed by atoms with Gasteiger partial charge >= 0.3 is 5.97 Å².